The molecule has 4 aromatic carbocycles. The molecule has 4 rings (SSSR count). The number of phenols is 1. The highest BCUT2D eigenvalue weighted by Crippen LogP contribution is 2.39. The molecule has 0 fully saturated rings. The molecule has 4 aromatic rings. The van der Waals surface area contributed by atoms with E-state index in [2.05, 4.69) is 29.2 Å². The van der Waals surface area contributed by atoms with Gasteiger partial charge in [-0.1, -0.05) is 38.1 Å². The Kier molecular flexibility index (Phi) is 11.8. The first-order chi connectivity index (χ1) is 21.5. The fourth-order valence-electron chi connectivity index (χ4n) is 4.25. The van der Waals surface area contributed by atoms with Crippen molar-refractivity contribution in [2.24, 2.45) is 0 Å². The molecular formula is C34H36N2O8S. The number of methoxy groups -OCH3 is 1. The standard InChI is InChI=1S/C33H34N2O7S.CH2O/c1-5-22(3)23-13-15-26(16-14-23)42-31-19-28(35-32(37)24-9-11-25(12-10-24)33(38)41-4)30(36)18-29(31)34-20-43(39,40)27-8-6-7-21(2)17-27;1-2/h6-19,22,34,36H,5,20H2,1-4H3,(H,35,37);1H2. The molecule has 3 N–H and O–H groups in total. The van der Waals surface area contributed by atoms with Gasteiger partial charge in [-0.25, -0.2) is 13.2 Å². The number of aromatic hydroxyl groups is 1. The summed E-state index contributed by atoms with van der Waals surface area (Å²) in [5, 5.41) is 16.3. The van der Waals surface area contributed by atoms with Crippen molar-refractivity contribution in [3.05, 3.63) is 107 Å². The maximum absolute atomic E-state index is 13.0. The number of hydrogen-bond acceptors (Lipinski definition) is 9. The van der Waals surface area contributed by atoms with Gasteiger partial charge in [0.15, 0.2) is 15.6 Å². The highest BCUT2D eigenvalue weighted by atomic mass is 32.2. The van der Waals surface area contributed by atoms with Gasteiger partial charge < -0.3 is 30.0 Å². The number of benzene rings is 4. The van der Waals surface area contributed by atoms with E-state index in [1.807, 2.05) is 44.0 Å². The van der Waals surface area contributed by atoms with Gasteiger partial charge in [-0.15, -0.1) is 0 Å². The van der Waals surface area contributed by atoms with E-state index >= 15 is 0 Å². The summed E-state index contributed by atoms with van der Waals surface area (Å²) in [5.41, 5.74) is 2.73. The fraction of sp³-hybridized carbons (Fsp3) is 0.206. The molecule has 0 spiro atoms. The summed E-state index contributed by atoms with van der Waals surface area (Å²) in [6.45, 7) is 8.05. The zero-order valence-corrected chi connectivity index (χ0v) is 26.3. The van der Waals surface area contributed by atoms with Crippen molar-refractivity contribution in [2.75, 3.05) is 23.6 Å². The van der Waals surface area contributed by atoms with Crippen LogP contribution in [0.4, 0.5) is 11.4 Å². The summed E-state index contributed by atoms with van der Waals surface area (Å²) in [5.74, 6) is -0.806. The largest absolute Gasteiger partial charge is 0.506 e. The Balaban J connectivity index is 0.00000271. The van der Waals surface area contributed by atoms with E-state index in [1.54, 1.807) is 12.1 Å². The van der Waals surface area contributed by atoms with Gasteiger partial charge in [0.1, 0.15) is 24.2 Å². The third-order valence-corrected chi connectivity index (χ3v) is 8.50. The van der Waals surface area contributed by atoms with Crippen LogP contribution in [0.5, 0.6) is 17.2 Å². The Morgan fingerprint density at radius 1 is 0.911 bits per heavy atom. The zero-order valence-electron chi connectivity index (χ0n) is 25.5. The second-order valence-corrected chi connectivity index (χ2v) is 12.1. The quantitative estimate of drug-likeness (QED) is 0.121. The van der Waals surface area contributed by atoms with Crippen LogP contribution in [0, 0.1) is 6.92 Å². The van der Waals surface area contributed by atoms with E-state index in [-0.39, 0.29) is 38.9 Å². The van der Waals surface area contributed by atoms with Crippen LogP contribution in [0.1, 0.15) is 58.0 Å². The number of aryl methyl sites for hydroxylation is 1. The third kappa shape index (κ3) is 8.93. The van der Waals surface area contributed by atoms with Gasteiger partial charge in [0.2, 0.25) is 0 Å². The molecule has 236 valence electrons. The summed E-state index contributed by atoms with van der Waals surface area (Å²) in [7, 11) is -2.46. The van der Waals surface area contributed by atoms with Crippen LogP contribution >= 0.6 is 0 Å². The van der Waals surface area contributed by atoms with Crippen LogP contribution in [0.2, 0.25) is 0 Å². The number of phenolic OH excluding ortho intramolecular Hbond substituents is 1. The van der Waals surface area contributed by atoms with E-state index in [9.17, 15) is 23.1 Å². The van der Waals surface area contributed by atoms with Gasteiger partial charge in [0.25, 0.3) is 5.91 Å². The smallest absolute Gasteiger partial charge is 0.337 e. The van der Waals surface area contributed by atoms with E-state index in [1.165, 1.54) is 49.6 Å². The topological polar surface area (TPSA) is 148 Å². The van der Waals surface area contributed by atoms with Gasteiger partial charge in [0, 0.05) is 17.7 Å². The van der Waals surface area contributed by atoms with Crippen LogP contribution in [0.25, 0.3) is 0 Å². The number of sulfone groups is 1. The lowest BCUT2D eigenvalue weighted by Gasteiger charge is -2.17. The van der Waals surface area contributed by atoms with Gasteiger partial charge >= 0.3 is 5.97 Å². The molecule has 1 amide bonds. The summed E-state index contributed by atoms with van der Waals surface area (Å²) in [4.78, 5) is 32.8. The van der Waals surface area contributed by atoms with E-state index in [0.29, 0.717) is 11.7 Å². The maximum atomic E-state index is 13.0. The lowest BCUT2D eigenvalue weighted by molar-refractivity contribution is -0.0980. The van der Waals surface area contributed by atoms with Crippen LogP contribution in [-0.4, -0.2) is 45.2 Å². The molecule has 45 heavy (non-hydrogen) atoms. The fourth-order valence-corrected chi connectivity index (χ4v) is 5.42. The summed E-state index contributed by atoms with van der Waals surface area (Å²) in [6, 6.07) is 22.7. The molecule has 0 aliphatic heterocycles. The molecule has 10 nitrogen and oxygen atoms in total. The van der Waals surface area contributed by atoms with Crippen molar-refractivity contribution >= 4 is 39.9 Å². The number of ether oxygens (including phenoxy) is 2. The molecule has 0 aliphatic rings. The van der Waals surface area contributed by atoms with E-state index in [0.717, 1.165) is 17.5 Å². The predicted molar refractivity (Wildman–Crippen MR) is 173 cm³/mol. The number of esters is 1. The van der Waals surface area contributed by atoms with Gasteiger partial charge in [-0.3, -0.25) is 4.79 Å². The average molecular weight is 633 g/mol. The monoisotopic (exact) mass is 632 g/mol. The molecule has 1 atom stereocenters. The number of hydrogen-bond donors (Lipinski definition) is 3. The number of nitrogens with one attached hydrogen (secondary N) is 2. The first kappa shape index (κ1) is 34.3. The molecule has 0 saturated heterocycles. The Morgan fingerprint density at radius 3 is 2.16 bits per heavy atom. The summed E-state index contributed by atoms with van der Waals surface area (Å²) < 4.78 is 36.9. The van der Waals surface area contributed by atoms with Crippen LogP contribution in [-0.2, 0) is 19.4 Å². The van der Waals surface area contributed by atoms with Crippen molar-refractivity contribution in [1.82, 2.24) is 0 Å². The summed E-state index contributed by atoms with van der Waals surface area (Å²) >= 11 is 0. The third-order valence-electron chi connectivity index (χ3n) is 7.00. The van der Waals surface area contributed by atoms with Gasteiger partial charge in [-0.2, -0.15) is 0 Å². The Hall–Kier alpha value is -5.16. The highest BCUT2D eigenvalue weighted by molar-refractivity contribution is 7.91. The minimum Gasteiger partial charge on any atom is -0.506 e. The molecule has 0 aromatic heterocycles. The zero-order chi connectivity index (χ0) is 33.1. The Bertz CT molecular complexity index is 1740. The lowest BCUT2D eigenvalue weighted by Crippen LogP contribution is -2.16. The number of anilines is 2. The Labute approximate surface area is 262 Å². The SMILES string of the molecule is C=O.CCC(C)c1ccc(Oc2cc(NC(=O)c3ccc(C(=O)OC)cc3)c(O)cc2NCS(=O)(=O)c2cccc(C)c2)cc1. The molecule has 11 heteroatoms. The average Bonchev–Trinajstić information content (AvgIpc) is 3.06. The van der Waals surface area contributed by atoms with Gasteiger partial charge in [0.05, 0.1) is 28.9 Å². The van der Waals surface area contributed by atoms with Crippen molar-refractivity contribution in [3.63, 3.8) is 0 Å². The van der Waals surface area contributed by atoms with Crippen molar-refractivity contribution in [1.29, 1.82) is 0 Å². The Morgan fingerprint density at radius 2 is 1.56 bits per heavy atom. The number of amides is 1. The van der Waals surface area contributed by atoms with E-state index < -0.39 is 27.6 Å². The lowest BCUT2D eigenvalue weighted by atomic mass is 9.99. The first-order valence-corrected chi connectivity index (χ1v) is 15.6. The molecule has 0 radical (unpaired) electrons. The van der Waals surface area contributed by atoms with E-state index in [4.69, 9.17) is 9.53 Å². The van der Waals surface area contributed by atoms with Crippen molar-refractivity contribution in [2.45, 2.75) is 38.0 Å². The second-order valence-electron chi connectivity index (χ2n) is 10.1. The number of carbonyl (C=O) groups is 3. The second kappa shape index (κ2) is 15.5. The molecule has 0 heterocycles. The molecule has 0 aliphatic carbocycles. The molecule has 0 bridgehead atoms. The normalized spacial score (nSPS) is 11.4. The molecule has 1 unspecified atom stereocenters. The van der Waals surface area contributed by atoms with Crippen molar-refractivity contribution < 1.29 is 37.4 Å². The minimum atomic E-state index is -3.73. The predicted octanol–water partition coefficient (Wildman–Crippen LogP) is 6.70. The van der Waals surface area contributed by atoms with Crippen LogP contribution in [0.3, 0.4) is 0 Å². The number of carbonyl (C=O) groups excluding carboxylic acids is 3. The van der Waals surface area contributed by atoms with Crippen molar-refractivity contribution in [3.8, 4) is 17.2 Å². The minimum absolute atomic E-state index is 0.0420. The first-order valence-electron chi connectivity index (χ1n) is 14.0. The van der Waals surface area contributed by atoms with Crippen LogP contribution in [0.15, 0.2) is 89.8 Å². The summed E-state index contributed by atoms with van der Waals surface area (Å²) in [6.07, 6.45) is 0.982. The van der Waals surface area contributed by atoms with Crippen LogP contribution < -0.4 is 15.4 Å². The number of rotatable bonds is 11. The molecular weight excluding hydrogens is 596 g/mol. The maximum Gasteiger partial charge on any atom is 0.337 e. The van der Waals surface area contributed by atoms with Gasteiger partial charge in [-0.05, 0) is 78.9 Å². The molecule has 0 saturated carbocycles. The highest BCUT2D eigenvalue weighted by Gasteiger charge is 2.19.